The Morgan fingerprint density at radius 3 is 2.58 bits per heavy atom. The zero-order valence-corrected chi connectivity index (χ0v) is 21.0. The minimum atomic E-state index is -0.508. The van der Waals surface area contributed by atoms with Gasteiger partial charge in [0.05, 0.1) is 18.3 Å². The Bertz CT molecular complexity index is 1610. The van der Waals surface area contributed by atoms with E-state index in [0.29, 0.717) is 16.5 Å². The number of amides is 1. The summed E-state index contributed by atoms with van der Waals surface area (Å²) in [7, 11) is 0. The average molecular weight is 482 g/mol. The molecule has 10 nitrogen and oxygen atoms in total. The normalized spacial score (nSPS) is 10.6. The van der Waals surface area contributed by atoms with E-state index in [1.54, 1.807) is 54.6 Å². The topological polar surface area (TPSA) is 122 Å². The van der Waals surface area contributed by atoms with Gasteiger partial charge in [0.25, 0.3) is 17.5 Å². The first kappa shape index (κ1) is 24.7. The Labute approximate surface area is 227 Å². The van der Waals surface area contributed by atoms with Crippen molar-refractivity contribution in [3.8, 4) is 11.7 Å². The summed E-state index contributed by atoms with van der Waals surface area (Å²) < 4.78 is 1.27. The van der Waals surface area contributed by atoms with E-state index in [9.17, 15) is 9.90 Å². The zero-order valence-electron chi connectivity index (χ0n) is 19.0. The number of phenols is 1. The van der Waals surface area contributed by atoms with Gasteiger partial charge in [-0.3, -0.25) is 4.79 Å². The Balaban J connectivity index is 0.00000304. The molecular weight excluding hydrogens is 467 g/mol. The van der Waals surface area contributed by atoms with Crippen molar-refractivity contribution in [1.29, 1.82) is 0 Å². The van der Waals surface area contributed by atoms with Gasteiger partial charge in [-0.1, -0.05) is 30.0 Å². The summed E-state index contributed by atoms with van der Waals surface area (Å²) in [5, 5.41) is 27.5. The second-order valence-electron chi connectivity index (χ2n) is 7.21. The number of rotatable bonds is 5. The molecule has 0 saturated carbocycles. The minimum absolute atomic E-state index is 0. The Morgan fingerprint density at radius 2 is 1.83 bits per heavy atom. The first-order chi connectivity index (χ1) is 17.2. The van der Waals surface area contributed by atoms with Gasteiger partial charge in [-0.15, -0.1) is 22.4 Å². The van der Waals surface area contributed by atoms with Gasteiger partial charge < -0.3 is 10.4 Å². The molecule has 0 fully saturated rings. The standard InChI is InChI=1S/C25H15N8O2.Na/c1-26-20-15-29-33(25-27-12-7-13-28-25)23(20)32-31-19-14-16-8-5-6-11-18(16)21(22(19)34)24(35)30-17-9-3-2-4-10-17;/h3-15,34H,(H,30,35);/q-1;+1. The van der Waals surface area contributed by atoms with E-state index in [4.69, 9.17) is 6.57 Å². The second-order valence-corrected chi connectivity index (χ2v) is 7.21. The molecule has 11 heteroatoms. The minimum Gasteiger partial charge on any atom is -0.505 e. The number of aromatic hydroxyl groups is 1. The van der Waals surface area contributed by atoms with Crippen LogP contribution in [0.2, 0.25) is 0 Å². The molecule has 3 aromatic carbocycles. The van der Waals surface area contributed by atoms with Gasteiger partial charge in [-0.05, 0) is 22.9 Å². The number of nitrogens with one attached hydrogen (secondary N) is 1. The Morgan fingerprint density at radius 1 is 1.08 bits per heavy atom. The molecule has 0 unspecified atom stereocenters. The van der Waals surface area contributed by atoms with Crippen LogP contribution in [-0.2, 0) is 0 Å². The van der Waals surface area contributed by atoms with Gasteiger partial charge in [0.2, 0.25) is 0 Å². The van der Waals surface area contributed by atoms with Crippen LogP contribution < -0.4 is 34.9 Å². The van der Waals surface area contributed by atoms with Gasteiger partial charge in [-0.25, -0.2) is 14.8 Å². The zero-order chi connectivity index (χ0) is 24.2. The van der Waals surface area contributed by atoms with Crippen LogP contribution in [0.5, 0.6) is 5.75 Å². The van der Waals surface area contributed by atoms with Crippen molar-refractivity contribution in [3.63, 3.8) is 0 Å². The van der Waals surface area contributed by atoms with Crippen LogP contribution >= 0.6 is 0 Å². The van der Waals surface area contributed by atoms with Crippen molar-refractivity contribution < 1.29 is 39.5 Å². The molecule has 2 aromatic heterocycles. The van der Waals surface area contributed by atoms with Gasteiger partial charge in [-0.2, -0.15) is 28.0 Å². The van der Waals surface area contributed by atoms with Crippen LogP contribution in [0.25, 0.3) is 21.6 Å². The van der Waals surface area contributed by atoms with Crippen LogP contribution in [-0.4, -0.2) is 30.8 Å². The second kappa shape index (κ2) is 10.9. The maximum Gasteiger partial charge on any atom is 1.00 e. The number of fused-ring (bicyclic) bond motifs is 1. The van der Waals surface area contributed by atoms with Gasteiger partial charge in [0.15, 0.2) is 11.6 Å². The quantitative estimate of drug-likeness (QED) is 0.227. The number of hydrogen-bond acceptors (Lipinski definition) is 7. The molecule has 5 rings (SSSR count). The van der Waals surface area contributed by atoms with Crippen LogP contribution in [0, 0.1) is 12.6 Å². The van der Waals surface area contributed by atoms with Crippen molar-refractivity contribution in [2.75, 3.05) is 5.32 Å². The maximum absolute atomic E-state index is 13.1. The molecule has 0 saturated heterocycles. The number of azo groups is 1. The van der Waals surface area contributed by atoms with Gasteiger partial charge >= 0.3 is 29.6 Å². The summed E-state index contributed by atoms with van der Waals surface area (Å²) in [4.78, 5) is 24.8. The van der Waals surface area contributed by atoms with Gasteiger partial charge in [0, 0.05) is 12.4 Å². The molecule has 0 bridgehead atoms. The molecule has 0 aliphatic heterocycles. The molecule has 0 aliphatic carbocycles. The van der Waals surface area contributed by atoms with E-state index < -0.39 is 5.91 Å². The number of aromatic nitrogens is 4. The van der Waals surface area contributed by atoms with E-state index in [0.717, 1.165) is 0 Å². The number of anilines is 1. The van der Waals surface area contributed by atoms with Crippen molar-refractivity contribution in [1.82, 2.24) is 19.7 Å². The maximum atomic E-state index is 13.1. The molecular formula is C25H15N8NaO2. The molecule has 2 heterocycles. The SMILES string of the molecule is [C-]#[N+]c1cnn(-c2ncccn2)c1N=Nc1cc2ccccc2c(C(=O)Nc2cc[c-]cc2)c1O.[Na+]. The molecule has 5 aromatic rings. The summed E-state index contributed by atoms with van der Waals surface area (Å²) in [5.74, 6) is -0.560. The van der Waals surface area contributed by atoms with Crippen LogP contribution in [0.4, 0.5) is 22.9 Å². The Kier molecular flexibility index (Phi) is 7.46. The predicted octanol–water partition coefficient (Wildman–Crippen LogP) is 2.54. The third-order valence-electron chi connectivity index (χ3n) is 5.04. The van der Waals surface area contributed by atoms with Crippen molar-refractivity contribution in [2.45, 2.75) is 0 Å². The summed E-state index contributed by atoms with van der Waals surface area (Å²) in [5.41, 5.74) is 0.779. The Hall–Kier alpha value is -4.43. The molecule has 0 atom stereocenters. The fourth-order valence-corrected chi connectivity index (χ4v) is 3.45. The van der Waals surface area contributed by atoms with E-state index in [1.165, 1.54) is 23.3 Å². The van der Waals surface area contributed by atoms with Crippen molar-refractivity contribution in [2.24, 2.45) is 10.2 Å². The smallest absolute Gasteiger partial charge is 0.505 e. The van der Waals surface area contributed by atoms with E-state index >= 15 is 0 Å². The number of benzene rings is 3. The third-order valence-corrected chi connectivity index (χ3v) is 5.04. The summed E-state index contributed by atoms with van der Waals surface area (Å²) in [6.07, 6.45) is 4.40. The molecule has 0 radical (unpaired) electrons. The number of hydrogen-bond donors (Lipinski definition) is 2. The molecule has 1 amide bonds. The third kappa shape index (κ3) is 4.85. The molecule has 2 N–H and O–H groups in total. The first-order valence-electron chi connectivity index (χ1n) is 10.3. The van der Waals surface area contributed by atoms with Crippen LogP contribution in [0.1, 0.15) is 10.4 Å². The summed E-state index contributed by atoms with van der Waals surface area (Å²) in [6.45, 7) is 7.42. The van der Waals surface area contributed by atoms with Crippen LogP contribution in [0.3, 0.4) is 0 Å². The first-order valence-corrected chi connectivity index (χ1v) is 10.3. The summed E-state index contributed by atoms with van der Waals surface area (Å²) >= 11 is 0. The van der Waals surface area contributed by atoms with E-state index in [2.05, 4.69) is 41.5 Å². The summed E-state index contributed by atoms with van der Waals surface area (Å²) in [6, 6.07) is 20.0. The monoisotopic (exact) mass is 482 g/mol. The van der Waals surface area contributed by atoms with E-state index in [1.807, 2.05) is 6.07 Å². The number of nitrogens with zero attached hydrogens (tertiary/aromatic N) is 7. The fraction of sp³-hybridized carbons (Fsp3) is 0. The number of phenolic OH excluding ortho intramolecular Hbond substituents is 1. The molecule has 36 heavy (non-hydrogen) atoms. The van der Waals surface area contributed by atoms with Crippen molar-refractivity contribution in [3.05, 3.63) is 102 Å². The fourth-order valence-electron chi connectivity index (χ4n) is 3.45. The predicted molar refractivity (Wildman–Crippen MR) is 128 cm³/mol. The van der Waals surface area contributed by atoms with Crippen LogP contribution in [0.15, 0.2) is 89.5 Å². The van der Waals surface area contributed by atoms with E-state index in [-0.39, 0.29) is 64.0 Å². The van der Waals surface area contributed by atoms with Crippen molar-refractivity contribution >= 4 is 39.6 Å². The number of carbonyl (C=O) groups excluding carboxylic acids is 1. The largest absolute Gasteiger partial charge is 1.00 e. The van der Waals surface area contributed by atoms with Gasteiger partial charge in [0.1, 0.15) is 5.69 Å². The molecule has 168 valence electrons. The molecule has 0 spiro atoms. The molecule has 0 aliphatic rings. The average Bonchev–Trinajstić information content (AvgIpc) is 3.31. The number of carbonyl (C=O) groups is 1.